The maximum absolute atomic E-state index is 13.5. The molecule has 21 heavy (non-hydrogen) atoms. The van der Waals surface area contributed by atoms with Gasteiger partial charge in [-0.05, 0) is 33.6 Å². The third-order valence-electron chi connectivity index (χ3n) is 3.05. The van der Waals surface area contributed by atoms with E-state index < -0.39 is 17.9 Å². The second kappa shape index (κ2) is 6.24. The minimum absolute atomic E-state index is 0.0208. The summed E-state index contributed by atoms with van der Waals surface area (Å²) < 4.78 is 18.7. The second-order valence-electron chi connectivity index (χ2n) is 4.30. The summed E-state index contributed by atoms with van der Waals surface area (Å²) in [7, 11) is 1.35. The molecule has 4 nitrogen and oxygen atoms in total. The van der Waals surface area contributed by atoms with E-state index in [0.717, 1.165) is 6.07 Å². The van der Waals surface area contributed by atoms with Gasteiger partial charge in [0.15, 0.2) is 0 Å². The van der Waals surface area contributed by atoms with Crippen LogP contribution in [0.2, 0.25) is 0 Å². The minimum atomic E-state index is -1.25. The number of ether oxygens (including phenoxy) is 1. The van der Waals surface area contributed by atoms with Crippen molar-refractivity contribution < 1.29 is 24.1 Å². The van der Waals surface area contributed by atoms with E-state index in [2.05, 4.69) is 15.9 Å². The summed E-state index contributed by atoms with van der Waals surface area (Å²) in [5, 5.41) is 19.6. The van der Waals surface area contributed by atoms with Gasteiger partial charge in [0.25, 0.3) is 0 Å². The number of aliphatic hydroxyl groups is 1. The van der Waals surface area contributed by atoms with Gasteiger partial charge in [0.2, 0.25) is 0 Å². The Labute approximate surface area is 128 Å². The van der Waals surface area contributed by atoms with Gasteiger partial charge in [-0.25, -0.2) is 9.18 Å². The summed E-state index contributed by atoms with van der Waals surface area (Å²) in [6, 6.07) is 8.59. The molecule has 0 aliphatic rings. The zero-order chi connectivity index (χ0) is 15.6. The van der Waals surface area contributed by atoms with Crippen LogP contribution < -0.4 is 4.74 Å². The van der Waals surface area contributed by atoms with E-state index >= 15 is 0 Å². The number of aliphatic hydroxyl groups excluding tert-OH is 1. The number of carbonyl (C=O) groups is 1. The van der Waals surface area contributed by atoms with E-state index in [1.807, 2.05) is 0 Å². The van der Waals surface area contributed by atoms with Gasteiger partial charge in [0.05, 0.1) is 17.1 Å². The zero-order valence-electron chi connectivity index (χ0n) is 11.0. The van der Waals surface area contributed by atoms with Crippen molar-refractivity contribution in [2.24, 2.45) is 0 Å². The van der Waals surface area contributed by atoms with Gasteiger partial charge in [-0.2, -0.15) is 0 Å². The van der Waals surface area contributed by atoms with E-state index in [1.54, 1.807) is 12.1 Å². The molecule has 0 aromatic heterocycles. The Morgan fingerprint density at radius 3 is 2.57 bits per heavy atom. The number of halogens is 2. The third kappa shape index (κ3) is 3.06. The molecule has 2 N–H and O–H groups in total. The summed E-state index contributed by atoms with van der Waals surface area (Å²) in [4.78, 5) is 11.2. The monoisotopic (exact) mass is 354 g/mol. The van der Waals surface area contributed by atoms with Crippen molar-refractivity contribution in [3.05, 3.63) is 63.4 Å². The Hall–Kier alpha value is -1.92. The van der Waals surface area contributed by atoms with Crippen LogP contribution in [-0.4, -0.2) is 23.3 Å². The average molecular weight is 355 g/mol. The highest BCUT2D eigenvalue weighted by Gasteiger charge is 2.22. The predicted molar refractivity (Wildman–Crippen MR) is 78.1 cm³/mol. The molecular weight excluding hydrogens is 343 g/mol. The summed E-state index contributed by atoms with van der Waals surface area (Å²) in [5.74, 6) is -1.54. The van der Waals surface area contributed by atoms with E-state index in [0.29, 0.717) is 0 Å². The first kappa shape index (κ1) is 15.5. The summed E-state index contributed by atoms with van der Waals surface area (Å²) >= 11 is 3.04. The van der Waals surface area contributed by atoms with Gasteiger partial charge in [-0.3, -0.25) is 0 Å². The molecule has 0 saturated heterocycles. The average Bonchev–Trinajstić information content (AvgIpc) is 2.48. The SMILES string of the molecule is COc1cc(F)c(Br)cc1C(O)c1ccccc1C(=O)O. The predicted octanol–water partition coefficient (Wildman–Crippen LogP) is 3.38. The zero-order valence-corrected chi connectivity index (χ0v) is 12.6. The third-order valence-corrected chi connectivity index (χ3v) is 3.66. The lowest BCUT2D eigenvalue weighted by Crippen LogP contribution is -2.09. The molecule has 0 aliphatic heterocycles. The van der Waals surface area contributed by atoms with E-state index in [-0.39, 0.29) is 26.9 Å². The van der Waals surface area contributed by atoms with Gasteiger partial charge in [0, 0.05) is 11.6 Å². The fraction of sp³-hybridized carbons (Fsp3) is 0.133. The summed E-state index contributed by atoms with van der Waals surface area (Å²) in [6.45, 7) is 0. The Kier molecular flexibility index (Phi) is 4.59. The lowest BCUT2D eigenvalue weighted by Gasteiger charge is -2.17. The van der Waals surface area contributed by atoms with Crippen molar-refractivity contribution in [3.63, 3.8) is 0 Å². The number of carboxylic acids is 1. The van der Waals surface area contributed by atoms with Gasteiger partial charge in [0.1, 0.15) is 17.7 Å². The molecule has 0 radical (unpaired) electrons. The lowest BCUT2D eigenvalue weighted by atomic mass is 9.96. The number of rotatable bonds is 4. The van der Waals surface area contributed by atoms with Gasteiger partial charge in [-0.1, -0.05) is 18.2 Å². The highest BCUT2D eigenvalue weighted by atomic mass is 79.9. The topological polar surface area (TPSA) is 66.8 Å². The Morgan fingerprint density at radius 2 is 1.95 bits per heavy atom. The molecule has 0 heterocycles. The molecule has 0 spiro atoms. The van der Waals surface area contributed by atoms with Gasteiger partial charge < -0.3 is 14.9 Å². The molecule has 1 atom stereocenters. The van der Waals surface area contributed by atoms with Crippen molar-refractivity contribution in [1.29, 1.82) is 0 Å². The number of methoxy groups -OCH3 is 1. The molecule has 2 aromatic carbocycles. The van der Waals surface area contributed by atoms with Crippen LogP contribution in [0.15, 0.2) is 40.9 Å². The molecular formula is C15H12BrFO4. The highest BCUT2D eigenvalue weighted by molar-refractivity contribution is 9.10. The van der Waals surface area contributed by atoms with Crippen molar-refractivity contribution in [2.75, 3.05) is 7.11 Å². The Bertz CT molecular complexity index is 687. The second-order valence-corrected chi connectivity index (χ2v) is 5.16. The maximum Gasteiger partial charge on any atom is 0.336 e. The number of carboxylic acid groups (broad SMARTS) is 1. The van der Waals surface area contributed by atoms with Crippen LogP contribution in [0, 0.1) is 5.82 Å². The van der Waals surface area contributed by atoms with Gasteiger partial charge >= 0.3 is 5.97 Å². The van der Waals surface area contributed by atoms with Crippen molar-refractivity contribution in [2.45, 2.75) is 6.10 Å². The van der Waals surface area contributed by atoms with Crippen molar-refractivity contribution >= 4 is 21.9 Å². The Balaban J connectivity index is 2.57. The van der Waals surface area contributed by atoms with Crippen LogP contribution >= 0.6 is 15.9 Å². The molecule has 0 amide bonds. The molecule has 0 fully saturated rings. The van der Waals surface area contributed by atoms with Crippen LogP contribution in [0.3, 0.4) is 0 Å². The highest BCUT2D eigenvalue weighted by Crippen LogP contribution is 2.35. The standard InChI is InChI=1S/C15H12BrFO4/c1-21-13-7-12(17)11(16)6-10(13)14(18)8-4-2-3-5-9(8)15(19)20/h2-7,14,18H,1H3,(H,19,20). The quantitative estimate of drug-likeness (QED) is 0.883. The first-order valence-corrected chi connectivity index (χ1v) is 6.78. The summed E-state index contributed by atoms with van der Waals surface area (Å²) in [5.41, 5.74) is 0.466. The van der Waals surface area contributed by atoms with E-state index in [9.17, 15) is 19.4 Å². The number of hydrogen-bond donors (Lipinski definition) is 2. The fourth-order valence-electron chi connectivity index (χ4n) is 2.03. The molecule has 110 valence electrons. The first-order valence-electron chi connectivity index (χ1n) is 5.99. The minimum Gasteiger partial charge on any atom is -0.496 e. The van der Waals surface area contributed by atoms with Gasteiger partial charge in [-0.15, -0.1) is 0 Å². The molecule has 2 aromatic rings. The number of benzene rings is 2. The number of hydrogen-bond acceptors (Lipinski definition) is 3. The molecule has 6 heteroatoms. The van der Waals surface area contributed by atoms with E-state index in [4.69, 9.17) is 4.74 Å². The molecule has 1 unspecified atom stereocenters. The van der Waals surface area contributed by atoms with Crippen LogP contribution in [0.4, 0.5) is 4.39 Å². The van der Waals surface area contributed by atoms with E-state index in [1.165, 1.54) is 25.3 Å². The Morgan fingerprint density at radius 1 is 1.29 bits per heavy atom. The summed E-state index contributed by atoms with van der Waals surface area (Å²) in [6.07, 6.45) is -1.25. The molecule has 2 rings (SSSR count). The van der Waals surface area contributed by atoms with Crippen LogP contribution in [-0.2, 0) is 0 Å². The lowest BCUT2D eigenvalue weighted by molar-refractivity contribution is 0.0691. The van der Waals surface area contributed by atoms with Crippen LogP contribution in [0.5, 0.6) is 5.75 Å². The molecule has 0 saturated carbocycles. The first-order chi connectivity index (χ1) is 9.95. The smallest absolute Gasteiger partial charge is 0.336 e. The molecule has 0 bridgehead atoms. The van der Waals surface area contributed by atoms with Crippen molar-refractivity contribution in [3.8, 4) is 5.75 Å². The number of aromatic carboxylic acids is 1. The van der Waals surface area contributed by atoms with Crippen molar-refractivity contribution in [1.82, 2.24) is 0 Å². The molecule has 0 aliphatic carbocycles. The van der Waals surface area contributed by atoms with Crippen LogP contribution in [0.25, 0.3) is 0 Å². The maximum atomic E-state index is 13.5. The fourth-order valence-corrected chi connectivity index (χ4v) is 2.39. The largest absolute Gasteiger partial charge is 0.496 e. The van der Waals surface area contributed by atoms with Crippen LogP contribution in [0.1, 0.15) is 27.6 Å². The normalized spacial score (nSPS) is 12.0.